The summed E-state index contributed by atoms with van der Waals surface area (Å²) in [7, 11) is 0. The summed E-state index contributed by atoms with van der Waals surface area (Å²) in [6.45, 7) is 20.3. The Morgan fingerprint density at radius 3 is 1.57 bits per heavy atom. The van der Waals surface area contributed by atoms with E-state index < -0.39 is 0 Å². The second-order valence-electron chi connectivity index (χ2n) is 18.4. The molecule has 2 saturated carbocycles. The van der Waals surface area contributed by atoms with E-state index in [1.165, 1.54) is 54.9 Å². The minimum atomic E-state index is 0. The summed E-state index contributed by atoms with van der Waals surface area (Å²) in [5, 5.41) is 6.15. The van der Waals surface area contributed by atoms with Gasteiger partial charge in [-0.25, -0.2) is 12.2 Å². The van der Waals surface area contributed by atoms with Crippen LogP contribution in [0.4, 0.5) is 0 Å². The first kappa shape index (κ1) is 46.7. The van der Waals surface area contributed by atoms with Gasteiger partial charge in [0, 0.05) is 10.8 Å². The van der Waals surface area contributed by atoms with E-state index in [1.807, 2.05) is 36.4 Å². The first-order chi connectivity index (χ1) is 27.6. The van der Waals surface area contributed by atoms with Crippen molar-refractivity contribution in [3.8, 4) is 0 Å². The fourth-order valence-electron chi connectivity index (χ4n) is 12.7. The molecule has 0 nitrogen and oxygen atoms in total. The van der Waals surface area contributed by atoms with E-state index in [0.717, 1.165) is 27.2 Å². The van der Waals surface area contributed by atoms with E-state index in [9.17, 15) is 0 Å². The van der Waals surface area contributed by atoms with Crippen LogP contribution < -0.4 is 24.8 Å². The molecular formula is C55H54Cl4Zr-2. The second kappa shape index (κ2) is 16.7. The van der Waals surface area contributed by atoms with E-state index in [1.54, 1.807) is 0 Å². The van der Waals surface area contributed by atoms with E-state index in [4.69, 9.17) is 23.2 Å². The molecule has 2 fully saturated rings. The van der Waals surface area contributed by atoms with Crippen LogP contribution in [0.1, 0.15) is 72.9 Å². The number of halogens is 4. The van der Waals surface area contributed by atoms with Crippen LogP contribution in [-0.2, 0) is 24.2 Å². The Kier molecular flexibility index (Phi) is 13.0. The fourth-order valence-corrected chi connectivity index (χ4v) is 14.3. The third-order valence-corrected chi connectivity index (χ3v) is 18.9. The summed E-state index contributed by atoms with van der Waals surface area (Å²) in [5.41, 5.74) is 4.21. The molecule has 0 amide bonds. The van der Waals surface area contributed by atoms with Crippen LogP contribution in [0, 0.1) is 56.3 Å². The maximum absolute atomic E-state index is 6.38. The monoisotopic (exact) mass is 944 g/mol. The molecule has 60 heavy (non-hydrogen) atoms. The van der Waals surface area contributed by atoms with Crippen LogP contribution in [0.25, 0.3) is 21.5 Å². The molecule has 8 atom stereocenters. The molecular weight excluding hydrogens is 894 g/mol. The number of allylic oxidation sites excluding steroid dienone is 16. The van der Waals surface area contributed by atoms with Gasteiger partial charge in [0.1, 0.15) is 0 Å². The number of benzene rings is 4. The molecule has 4 aromatic carbocycles. The molecule has 0 aliphatic heterocycles. The van der Waals surface area contributed by atoms with Crippen molar-refractivity contribution >= 4 is 48.0 Å². The maximum Gasteiger partial charge on any atom is -0.109 e. The molecule has 4 aromatic rings. The van der Waals surface area contributed by atoms with Gasteiger partial charge in [-0.2, -0.15) is 6.08 Å². The first-order valence-electron chi connectivity index (χ1n) is 20.7. The second-order valence-corrected chi connectivity index (χ2v) is 20.4. The molecule has 0 spiro atoms. The SMILES string of the molecule is CC1=CC=CC2[CH-]C3(C)C4(C)C=CC=CC4(C)C4(C)C=CC=CC4(C)C3(C)C12C.Clc1cccc2c([C](=[Zr+2])c3cccc4c(Cl)cccc34)cccc12.[C-]1=CC=CC1.[Cl-].[Cl-]. The molecule has 5 heteroatoms. The van der Waals surface area contributed by atoms with E-state index in [2.05, 4.69) is 189 Å². The van der Waals surface area contributed by atoms with Crippen LogP contribution in [0.5, 0.6) is 0 Å². The summed E-state index contributed by atoms with van der Waals surface area (Å²) in [5.74, 6) is 0.460. The zero-order valence-corrected chi connectivity index (χ0v) is 41.4. The van der Waals surface area contributed by atoms with Crippen molar-refractivity contribution in [2.45, 2.75) is 61.8 Å². The Morgan fingerprint density at radius 2 is 1.08 bits per heavy atom. The van der Waals surface area contributed by atoms with Gasteiger partial charge in [-0.3, -0.25) is 6.08 Å². The standard InChI is InChI=1S/C29H37.C21H12Cl2.C5H5.2ClH.Zr/c1-21-14-13-15-22-20-27(6)25(4)18-10-9-16-23(25,2)24(3)17-11-12-19-26(24,5)29(27,8)28(21,22)7;22-20-11-3-7-16-14(5-1-9-18(16)20)13-15-6-2-10-19-17(15)8-4-12-21(19)23;1-2-4-5-3-1;;;/h9-20,22H,1-8H3;1-12H;1-3H,4H2;2*1H;/q-1;;-1;;;+2/p-2. The first-order valence-corrected chi connectivity index (χ1v) is 22.7. The molecule has 0 aromatic heterocycles. The predicted octanol–water partition coefficient (Wildman–Crippen LogP) is 9.38. The molecule has 0 bridgehead atoms. The number of hydrogen-bond donors (Lipinski definition) is 0. The molecule has 0 radical (unpaired) electrons. The summed E-state index contributed by atoms with van der Waals surface area (Å²) in [6, 6.07) is 24.8. The van der Waals surface area contributed by atoms with Gasteiger partial charge in [0.25, 0.3) is 0 Å². The third-order valence-electron chi connectivity index (χ3n) is 16.9. The van der Waals surface area contributed by atoms with Gasteiger partial charge >= 0.3 is 166 Å². The fraction of sp³-hybridized carbons (Fsp3) is 0.309. The summed E-state index contributed by atoms with van der Waals surface area (Å²) >= 11 is 14.1. The molecule has 6 aliphatic rings. The van der Waals surface area contributed by atoms with Crippen molar-refractivity contribution < 1.29 is 49.0 Å². The van der Waals surface area contributed by atoms with Gasteiger partial charge in [-0.15, -0.1) is 23.8 Å². The number of hydrogen-bond acceptors (Lipinski definition) is 0. The van der Waals surface area contributed by atoms with Gasteiger partial charge in [-0.05, 0) is 28.6 Å². The smallest absolute Gasteiger partial charge is 0.109 e. The van der Waals surface area contributed by atoms with Crippen molar-refractivity contribution in [1.82, 2.24) is 0 Å². The Bertz CT molecular complexity index is 2510. The molecule has 8 unspecified atom stereocenters. The number of fused-ring (bicyclic) bond motifs is 10. The van der Waals surface area contributed by atoms with Crippen molar-refractivity contribution in [2.24, 2.45) is 43.8 Å². The van der Waals surface area contributed by atoms with Crippen LogP contribution in [0.3, 0.4) is 0 Å². The molecule has 308 valence electrons. The summed E-state index contributed by atoms with van der Waals surface area (Å²) < 4.78 is 1.31. The summed E-state index contributed by atoms with van der Waals surface area (Å²) in [6.07, 6.45) is 39.3. The van der Waals surface area contributed by atoms with Crippen LogP contribution in [0.2, 0.25) is 10.0 Å². The Balaban J connectivity index is 0.000000177. The summed E-state index contributed by atoms with van der Waals surface area (Å²) in [4.78, 5) is 0. The average molecular weight is 948 g/mol. The van der Waals surface area contributed by atoms with Crippen molar-refractivity contribution in [3.63, 3.8) is 0 Å². The van der Waals surface area contributed by atoms with Crippen LogP contribution >= 0.6 is 23.2 Å². The Labute approximate surface area is 396 Å². The molecule has 10 rings (SSSR count). The largest absolute Gasteiger partial charge is 1.00 e. The van der Waals surface area contributed by atoms with Crippen LogP contribution in [-0.4, -0.2) is 3.21 Å². The molecule has 6 aliphatic carbocycles. The minimum absolute atomic E-state index is 0. The van der Waals surface area contributed by atoms with E-state index in [0.29, 0.717) is 5.92 Å². The van der Waals surface area contributed by atoms with Gasteiger partial charge in [0.05, 0.1) is 0 Å². The normalized spacial score (nSPS) is 34.5. The zero-order valence-electron chi connectivity index (χ0n) is 35.9. The molecule has 0 N–H and O–H groups in total. The third kappa shape index (κ3) is 6.17. The molecule has 0 heterocycles. The van der Waals surface area contributed by atoms with Gasteiger partial charge in [-0.1, -0.05) is 115 Å². The predicted molar refractivity (Wildman–Crippen MR) is 247 cm³/mol. The quantitative estimate of drug-likeness (QED) is 0.176. The molecule has 0 saturated heterocycles. The van der Waals surface area contributed by atoms with Gasteiger partial charge in [0.2, 0.25) is 0 Å². The maximum atomic E-state index is 6.38. The van der Waals surface area contributed by atoms with E-state index >= 15 is 0 Å². The van der Waals surface area contributed by atoms with Gasteiger partial charge < -0.3 is 31.2 Å². The number of rotatable bonds is 2. The van der Waals surface area contributed by atoms with Crippen molar-refractivity contribution in [1.29, 1.82) is 0 Å². The van der Waals surface area contributed by atoms with Crippen molar-refractivity contribution in [2.75, 3.05) is 0 Å². The Morgan fingerprint density at radius 1 is 0.617 bits per heavy atom. The van der Waals surface area contributed by atoms with Gasteiger partial charge in [0.15, 0.2) is 0 Å². The minimum Gasteiger partial charge on any atom is -1.00 e. The zero-order chi connectivity index (χ0) is 41.4. The Hall–Kier alpha value is -2.77. The van der Waals surface area contributed by atoms with E-state index in [-0.39, 0.29) is 62.7 Å². The van der Waals surface area contributed by atoms with Crippen LogP contribution in [0.15, 0.2) is 163 Å². The topological polar surface area (TPSA) is 0 Å². The van der Waals surface area contributed by atoms with Crippen molar-refractivity contribution in [3.05, 3.63) is 197 Å². The average Bonchev–Trinajstić information content (AvgIpc) is 3.87.